The molecule has 0 amide bonds. The Bertz CT molecular complexity index is 1660. The average Bonchev–Trinajstić information content (AvgIpc) is 2.83. The maximum Gasteiger partial charge on any atom is 0.335 e. The van der Waals surface area contributed by atoms with Gasteiger partial charge in [0.15, 0.2) is 24.6 Å². The van der Waals surface area contributed by atoms with Crippen LogP contribution in [0.5, 0.6) is 0 Å². The molecule has 12 heteroatoms. The third-order valence-electron chi connectivity index (χ3n) is 16.3. The molecule has 1 fully saturated rings. The van der Waals surface area contributed by atoms with Crippen LogP contribution in [0.2, 0.25) is 0 Å². The number of carboxylic acids is 1. The molecule has 6 unspecified atom stereocenters. The summed E-state index contributed by atoms with van der Waals surface area (Å²) in [5.74, 6) is -3.10. The normalized spacial score (nSPS) is 17.7. The summed E-state index contributed by atoms with van der Waals surface area (Å²) >= 11 is 0. The second-order valence-corrected chi connectivity index (χ2v) is 24.5. The number of hydrogen-bond donors (Lipinski definition) is 3. The highest BCUT2D eigenvalue weighted by atomic mass is 16.7. The van der Waals surface area contributed by atoms with Crippen molar-refractivity contribution in [2.24, 2.45) is 0 Å². The predicted molar refractivity (Wildman–Crippen MR) is 349 cm³/mol. The number of unbranched alkanes of at least 4 members (excludes halogenated alkanes) is 40. The van der Waals surface area contributed by atoms with Crippen LogP contribution in [0.3, 0.4) is 0 Å². The molecule has 12 nitrogen and oxygen atoms in total. The van der Waals surface area contributed by atoms with Gasteiger partial charge in [-0.25, -0.2) is 4.79 Å². The van der Waals surface area contributed by atoms with Gasteiger partial charge in [0, 0.05) is 19.3 Å². The largest absolute Gasteiger partial charge is 0.479 e. The zero-order valence-corrected chi connectivity index (χ0v) is 54.9. The van der Waals surface area contributed by atoms with E-state index in [9.17, 15) is 34.5 Å². The summed E-state index contributed by atoms with van der Waals surface area (Å²) in [6, 6.07) is 0. The SMILES string of the molecule is CCCCC/C=C\C/C=C\CCCCCCCCCC(=O)OC1C(OCC(COC(=O)CCCCCCCCCCC/C=C\CCCCCCCC)OC(=O)CCCCCCCCCCC/C=C\CCCCCCCC)OC(C(=O)O)C(O)C1O. The maximum absolute atomic E-state index is 13.3. The van der Waals surface area contributed by atoms with Crippen LogP contribution in [0.1, 0.15) is 342 Å². The Morgan fingerprint density at radius 2 is 0.706 bits per heavy atom. The highest BCUT2D eigenvalue weighted by Gasteiger charge is 2.50. The summed E-state index contributed by atoms with van der Waals surface area (Å²) in [4.78, 5) is 51.5. The van der Waals surface area contributed by atoms with Crippen LogP contribution in [-0.4, -0.2) is 89.2 Å². The lowest BCUT2D eigenvalue weighted by Gasteiger charge is -2.40. The highest BCUT2D eigenvalue weighted by Crippen LogP contribution is 2.27. The number of carbonyl (C=O) groups excluding carboxylic acids is 3. The van der Waals surface area contributed by atoms with Crippen LogP contribution in [-0.2, 0) is 42.9 Å². The molecule has 0 aromatic rings. The lowest BCUT2D eigenvalue weighted by Crippen LogP contribution is -2.61. The lowest BCUT2D eigenvalue weighted by molar-refractivity contribution is -0.301. The van der Waals surface area contributed by atoms with Crippen LogP contribution >= 0.6 is 0 Å². The van der Waals surface area contributed by atoms with Gasteiger partial charge in [0.1, 0.15) is 18.8 Å². The molecule has 0 aromatic heterocycles. The fraction of sp³-hybridized carbons (Fsp3) is 0.836. The molecule has 1 aliphatic heterocycles. The van der Waals surface area contributed by atoms with Crippen molar-refractivity contribution in [2.45, 2.75) is 379 Å². The Balaban J connectivity index is 2.63. The van der Waals surface area contributed by atoms with E-state index in [1.165, 1.54) is 186 Å². The Kier molecular flexibility index (Phi) is 57.1. The molecule has 85 heavy (non-hydrogen) atoms. The van der Waals surface area contributed by atoms with E-state index in [1.54, 1.807) is 0 Å². The van der Waals surface area contributed by atoms with E-state index >= 15 is 0 Å². The number of carboxylic acid groups (broad SMARTS) is 1. The summed E-state index contributed by atoms with van der Waals surface area (Å²) in [5, 5.41) is 31.7. The summed E-state index contributed by atoms with van der Waals surface area (Å²) in [5.41, 5.74) is 0. The quantitative estimate of drug-likeness (QED) is 0.0228. The maximum atomic E-state index is 13.3. The summed E-state index contributed by atoms with van der Waals surface area (Å²) in [6.45, 7) is 6.02. The number of carbonyl (C=O) groups is 4. The fourth-order valence-corrected chi connectivity index (χ4v) is 10.9. The molecule has 0 spiro atoms. The number of rotatable bonds is 62. The molecule has 1 heterocycles. The van der Waals surface area contributed by atoms with Crippen LogP contribution in [0.25, 0.3) is 0 Å². The molecule has 0 aromatic carbocycles. The van der Waals surface area contributed by atoms with E-state index in [0.717, 1.165) is 96.3 Å². The topological polar surface area (TPSA) is 175 Å². The highest BCUT2D eigenvalue weighted by molar-refractivity contribution is 5.74. The van der Waals surface area contributed by atoms with Crippen LogP contribution < -0.4 is 0 Å². The summed E-state index contributed by atoms with van der Waals surface area (Å²) in [7, 11) is 0. The number of ether oxygens (including phenoxy) is 5. The Hall–Kier alpha value is -3.32. The molecule has 1 saturated heterocycles. The zero-order chi connectivity index (χ0) is 61.7. The minimum absolute atomic E-state index is 0.0532. The first-order valence-electron chi connectivity index (χ1n) is 35.6. The van der Waals surface area contributed by atoms with Gasteiger partial charge in [-0.3, -0.25) is 14.4 Å². The summed E-state index contributed by atoms with van der Waals surface area (Å²) in [6.07, 6.45) is 63.4. The van der Waals surface area contributed by atoms with Gasteiger partial charge in [-0.2, -0.15) is 0 Å². The van der Waals surface area contributed by atoms with Gasteiger partial charge in [0.05, 0.1) is 6.61 Å². The van der Waals surface area contributed by atoms with E-state index in [1.807, 2.05) is 0 Å². The number of aliphatic hydroxyl groups is 2. The van der Waals surface area contributed by atoms with Crippen molar-refractivity contribution in [1.82, 2.24) is 0 Å². The standard InChI is InChI=1S/C73H130O12/c1-4-7-10-13-16-19-22-25-28-31-33-36-38-41-44-47-50-53-56-59-65(74)81-62-64(83-66(75)60-57-54-51-48-45-42-40-37-34-32-29-26-23-20-17-14-11-8-5-2)63-82-73-71(69(78)68(77)70(85-73)72(79)80)84-67(76)61-58-55-52-49-46-43-39-35-30-27-24-21-18-15-12-9-6-3/h18,21,25-30,64,68-71,73,77-78H,4-17,19-20,22-24,31-63H2,1-3H3,(H,79,80)/b21-18-,28-25-,29-26-,30-27-. The number of allylic oxidation sites excluding steroid dienone is 8. The van der Waals surface area contributed by atoms with Gasteiger partial charge < -0.3 is 39.0 Å². The average molecular weight is 1200 g/mol. The van der Waals surface area contributed by atoms with E-state index in [0.29, 0.717) is 19.3 Å². The third kappa shape index (κ3) is 50.3. The van der Waals surface area contributed by atoms with E-state index in [4.69, 9.17) is 23.7 Å². The van der Waals surface area contributed by atoms with Gasteiger partial charge in [-0.05, 0) is 103 Å². The van der Waals surface area contributed by atoms with Gasteiger partial charge in [-0.15, -0.1) is 0 Å². The van der Waals surface area contributed by atoms with Crippen LogP contribution in [0.15, 0.2) is 48.6 Å². The first-order valence-corrected chi connectivity index (χ1v) is 35.6. The molecule has 3 N–H and O–H groups in total. The monoisotopic (exact) mass is 1200 g/mol. The minimum atomic E-state index is -1.91. The molecule has 0 saturated carbocycles. The molecule has 0 bridgehead atoms. The van der Waals surface area contributed by atoms with Gasteiger partial charge >= 0.3 is 23.9 Å². The van der Waals surface area contributed by atoms with Gasteiger partial charge in [0.25, 0.3) is 0 Å². The first kappa shape index (κ1) is 79.7. The molecular formula is C73H130O12. The smallest absolute Gasteiger partial charge is 0.335 e. The molecule has 6 atom stereocenters. The first-order chi connectivity index (χ1) is 41.6. The van der Waals surface area contributed by atoms with E-state index < -0.39 is 67.3 Å². The Labute approximate surface area is 520 Å². The second kappa shape index (κ2) is 60.9. The van der Waals surface area contributed by atoms with Crippen molar-refractivity contribution in [3.63, 3.8) is 0 Å². The molecular weight excluding hydrogens is 1070 g/mol. The van der Waals surface area contributed by atoms with Crippen molar-refractivity contribution in [3.8, 4) is 0 Å². The van der Waals surface area contributed by atoms with Crippen molar-refractivity contribution < 1.29 is 58.2 Å². The number of hydrogen-bond acceptors (Lipinski definition) is 11. The summed E-state index contributed by atoms with van der Waals surface area (Å²) < 4.78 is 28.6. The lowest BCUT2D eigenvalue weighted by atomic mass is 9.98. The number of aliphatic hydroxyl groups excluding tert-OH is 2. The molecule has 1 rings (SSSR count). The third-order valence-corrected chi connectivity index (χ3v) is 16.3. The van der Waals surface area contributed by atoms with Crippen molar-refractivity contribution in [2.75, 3.05) is 13.2 Å². The van der Waals surface area contributed by atoms with Gasteiger partial charge in [0.2, 0.25) is 0 Å². The van der Waals surface area contributed by atoms with Crippen molar-refractivity contribution >= 4 is 23.9 Å². The van der Waals surface area contributed by atoms with Crippen molar-refractivity contribution in [1.29, 1.82) is 0 Å². The molecule has 0 aliphatic carbocycles. The second-order valence-electron chi connectivity index (χ2n) is 24.5. The van der Waals surface area contributed by atoms with Gasteiger partial charge in [-0.1, -0.05) is 268 Å². The Morgan fingerprint density at radius 3 is 1.09 bits per heavy atom. The molecule has 0 radical (unpaired) electrons. The minimum Gasteiger partial charge on any atom is -0.479 e. The fourth-order valence-electron chi connectivity index (χ4n) is 10.9. The van der Waals surface area contributed by atoms with Crippen molar-refractivity contribution in [3.05, 3.63) is 48.6 Å². The van der Waals surface area contributed by atoms with E-state index in [-0.39, 0.29) is 25.9 Å². The molecule has 494 valence electrons. The van der Waals surface area contributed by atoms with Crippen LogP contribution in [0.4, 0.5) is 0 Å². The predicted octanol–water partition coefficient (Wildman–Crippen LogP) is 19.7. The molecule has 1 aliphatic rings. The Morgan fingerprint density at radius 1 is 0.388 bits per heavy atom. The number of aliphatic carboxylic acids is 1. The number of esters is 3. The zero-order valence-electron chi connectivity index (χ0n) is 54.9. The van der Waals surface area contributed by atoms with E-state index in [2.05, 4.69) is 69.4 Å². The van der Waals surface area contributed by atoms with Crippen LogP contribution in [0, 0.1) is 0 Å².